The molecule has 0 heterocycles. The molecule has 1 amide bonds. The minimum Gasteiger partial charge on any atom is -0.395 e. The number of aliphatic hydroxyl groups excluding tert-OH is 1. The number of aliphatic hydroxyl groups is 1. The highest BCUT2D eigenvalue weighted by molar-refractivity contribution is 7.89. The molecule has 0 saturated heterocycles. The first-order chi connectivity index (χ1) is 9.90. The molecule has 8 heteroatoms. The number of amides is 1. The third-order valence-corrected chi connectivity index (χ3v) is 4.34. The second-order valence-corrected chi connectivity index (χ2v) is 6.07. The lowest BCUT2D eigenvalue weighted by atomic mass is 10.3. The van der Waals surface area contributed by atoms with Crippen LogP contribution < -0.4 is 4.72 Å². The van der Waals surface area contributed by atoms with Gasteiger partial charge >= 0.3 is 0 Å². The third kappa shape index (κ3) is 5.41. The molecule has 21 heavy (non-hydrogen) atoms. The summed E-state index contributed by atoms with van der Waals surface area (Å²) >= 11 is 0. The molecule has 0 saturated carbocycles. The topological polar surface area (TPSA) is 86.7 Å². The molecular formula is C13H19FN2O4S. The van der Waals surface area contributed by atoms with Crippen molar-refractivity contribution < 1.29 is 22.7 Å². The molecule has 1 rings (SSSR count). The first kappa shape index (κ1) is 17.5. The van der Waals surface area contributed by atoms with E-state index < -0.39 is 15.8 Å². The Kier molecular flexibility index (Phi) is 6.73. The maximum absolute atomic E-state index is 12.7. The number of hydrogen-bond donors (Lipinski definition) is 2. The fourth-order valence-electron chi connectivity index (χ4n) is 1.73. The van der Waals surface area contributed by atoms with Crippen LogP contribution in [0.4, 0.5) is 4.39 Å². The van der Waals surface area contributed by atoms with Crippen molar-refractivity contribution in [1.29, 1.82) is 0 Å². The molecule has 1 aromatic carbocycles. The first-order valence-corrected chi connectivity index (χ1v) is 8.03. The van der Waals surface area contributed by atoms with Gasteiger partial charge in [-0.25, -0.2) is 17.5 Å². The number of nitrogens with zero attached hydrogens (tertiary/aromatic N) is 1. The van der Waals surface area contributed by atoms with Crippen LogP contribution in [0.25, 0.3) is 0 Å². The summed E-state index contributed by atoms with van der Waals surface area (Å²) in [6, 6.07) is 4.42. The quantitative estimate of drug-likeness (QED) is 0.723. The van der Waals surface area contributed by atoms with Gasteiger partial charge in [0.2, 0.25) is 15.9 Å². The van der Waals surface area contributed by atoms with Gasteiger partial charge in [0.15, 0.2) is 0 Å². The normalized spacial score (nSPS) is 11.4. The van der Waals surface area contributed by atoms with Gasteiger partial charge in [-0.15, -0.1) is 0 Å². The summed E-state index contributed by atoms with van der Waals surface area (Å²) in [5.41, 5.74) is 0. The first-order valence-electron chi connectivity index (χ1n) is 6.54. The van der Waals surface area contributed by atoms with Crippen LogP contribution in [-0.4, -0.2) is 50.6 Å². The number of hydrogen-bond acceptors (Lipinski definition) is 4. The van der Waals surface area contributed by atoms with Crippen LogP contribution >= 0.6 is 0 Å². The van der Waals surface area contributed by atoms with E-state index in [0.29, 0.717) is 6.54 Å². The Morgan fingerprint density at radius 2 is 1.95 bits per heavy atom. The second-order valence-electron chi connectivity index (χ2n) is 4.30. The van der Waals surface area contributed by atoms with E-state index in [1.165, 1.54) is 4.90 Å². The Bertz CT molecular complexity index is 560. The van der Waals surface area contributed by atoms with E-state index in [-0.39, 0.29) is 36.9 Å². The molecule has 0 unspecified atom stereocenters. The van der Waals surface area contributed by atoms with Gasteiger partial charge in [-0.1, -0.05) is 0 Å². The fourth-order valence-corrected chi connectivity index (χ4v) is 2.76. The minimum atomic E-state index is -3.75. The highest BCUT2D eigenvalue weighted by Gasteiger charge is 2.16. The van der Waals surface area contributed by atoms with Gasteiger partial charge in [-0.05, 0) is 31.2 Å². The zero-order chi connectivity index (χ0) is 15.9. The van der Waals surface area contributed by atoms with Gasteiger partial charge in [0.05, 0.1) is 11.5 Å². The third-order valence-electron chi connectivity index (χ3n) is 2.86. The van der Waals surface area contributed by atoms with Gasteiger partial charge in [0.25, 0.3) is 0 Å². The highest BCUT2D eigenvalue weighted by atomic mass is 32.2. The Labute approximate surface area is 123 Å². The molecule has 0 fully saturated rings. The predicted molar refractivity (Wildman–Crippen MR) is 75.5 cm³/mol. The number of benzene rings is 1. The molecule has 2 N–H and O–H groups in total. The summed E-state index contributed by atoms with van der Waals surface area (Å²) in [6.45, 7) is 2.25. The van der Waals surface area contributed by atoms with Crippen LogP contribution in [0.5, 0.6) is 0 Å². The zero-order valence-electron chi connectivity index (χ0n) is 11.8. The molecule has 0 aromatic heterocycles. The molecule has 1 aromatic rings. The summed E-state index contributed by atoms with van der Waals surface area (Å²) < 4.78 is 38.8. The van der Waals surface area contributed by atoms with Crippen molar-refractivity contribution in [1.82, 2.24) is 9.62 Å². The Morgan fingerprint density at radius 1 is 1.33 bits per heavy atom. The van der Waals surface area contributed by atoms with Gasteiger partial charge in [-0.2, -0.15) is 0 Å². The molecule has 0 bridgehead atoms. The maximum Gasteiger partial charge on any atom is 0.240 e. The molecule has 0 spiro atoms. The van der Waals surface area contributed by atoms with Crippen molar-refractivity contribution in [3.05, 3.63) is 30.1 Å². The van der Waals surface area contributed by atoms with E-state index >= 15 is 0 Å². The van der Waals surface area contributed by atoms with Gasteiger partial charge in [0, 0.05) is 26.1 Å². The predicted octanol–water partition coefficient (Wildman–Crippen LogP) is 0.335. The molecular weight excluding hydrogens is 299 g/mol. The van der Waals surface area contributed by atoms with E-state index in [4.69, 9.17) is 5.11 Å². The number of carbonyl (C=O) groups excluding carboxylic acids is 1. The molecule has 6 nitrogen and oxygen atoms in total. The average Bonchev–Trinajstić information content (AvgIpc) is 2.44. The van der Waals surface area contributed by atoms with Crippen LogP contribution in [0.2, 0.25) is 0 Å². The van der Waals surface area contributed by atoms with Crippen molar-refractivity contribution >= 4 is 15.9 Å². The minimum absolute atomic E-state index is 0.00569. The van der Waals surface area contributed by atoms with E-state index in [0.717, 1.165) is 24.3 Å². The number of carbonyl (C=O) groups is 1. The summed E-state index contributed by atoms with van der Waals surface area (Å²) in [6.07, 6.45) is -0.00569. The van der Waals surface area contributed by atoms with E-state index in [1.807, 2.05) is 0 Å². The lowest BCUT2D eigenvalue weighted by Crippen LogP contribution is -2.36. The van der Waals surface area contributed by atoms with Crippen LogP contribution in [0, 0.1) is 5.82 Å². The molecule has 0 aliphatic carbocycles. The van der Waals surface area contributed by atoms with Crippen molar-refractivity contribution in [2.24, 2.45) is 0 Å². The van der Waals surface area contributed by atoms with Crippen LogP contribution in [0.3, 0.4) is 0 Å². The number of likely N-dealkylation sites (N-methyl/N-ethyl adjacent to an activating group) is 1. The standard InChI is InChI=1S/C13H19FN2O4S/c1-2-16(9-10-17)13(18)7-8-15-21(19,20)12-5-3-11(14)4-6-12/h3-6,15,17H,2,7-10H2,1H3. The molecule has 0 radical (unpaired) electrons. The molecule has 0 atom stereocenters. The monoisotopic (exact) mass is 318 g/mol. The number of nitrogens with one attached hydrogen (secondary N) is 1. The summed E-state index contributed by atoms with van der Waals surface area (Å²) in [4.78, 5) is 13.1. The number of halogens is 1. The fraction of sp³-hybridized carbons (Fsp3) is 0.462. The maximum atomic E-state index is 12.7. The van der Waals surface area contributed by atoms with E-state index in [9.17, 15) is 17.6 Å². The molecule has 0 aliphatic heterocycles. The highest BCUT2D eigenvalue weighted by Crippen LogP contribution is 2.09. The zero-order valence-corrected chi connectivity index (χ0v) is 12.6. The van der Waals surface area contributed by atoms with Crippen LogP contribution in [0.15, 0.2) is 29.2 Å². The van der Waals surface area contributed by atoms with Crippen molar-refractivity contribution in [3.8, 4) is 0 Å². The second kappa shape index (κ2) is 8.06. The lowest BCUT2D eigenvalue weighted by molar-refractivity contribution is -0.131. The van der Waals surface area contributed by atoms with Crippen LogP contribution in [-0.2, 0) is 14.8 Å². The number of sulfonamides is 1. The van der Waals surface area contributed by atoms with E-state index in [1.54, 1.807) is 6.92 Å². The molecule has 118 valence electrons. The van der Waals surface area contributed by atoms with Gasteiger partial charge in [0.1, 0.15) is 5.82 Å². The SMILES string of the molecule is CCN(CCO)C(=O)CCNS(=O)(=O)c1ccc(F)cc1. The Hall–Kier alpha value is -1.51. The van der Waals surface area contributed by atoms with Crippen molar-refractivity contribution in [2.45, 2.75) is 18.2 Å². The average molecular weight is 318 g/mol. The van der Waals surface area contributed by atoms with Gasteiger partial charge < -0.3 is 10.0 Å². The number of rotatable bonds is 8. The smallest absolute Gasteiger partial charge is 0.240 e. The lowest BCUT2D eigenvalue weighted by Gasteiger charge is -2.19. The summed E-state index contributed by atoms with van der Waals surface area (Å²) in [5, 5.41) is 8.81. The van der Waals surface area contributed by atoms with Crippen molar-refractivity contribution in [2.75, 3.05) is 26.2 Å². The molecule has 0 aliphatic rings. The Balaban J connectivity index is 2.54. The van der Waals surface area contributed by atoms with Gasteiger partial charge in [-0.3, -0.25) is 4.79 Å². The summed E-state index contributed by atoms with van der Waals surface area (Å²) in [7, 11) is -3.75. The van der Waals surface area contributed by atoms with Crippen LogP contribution in [0.1, 0.15) is 13.3 Å². The summed E-state index contributed by atoms with van der Waals surface area (Å²) in [5.74, 6) is -0.764. The Morgan fingerprint density at radius 3 is 2.48 bits per heavy atom. The van der Waals surface area contributed by atoms with Crippen molar-refractivity contribution in [3.63, 3.8) is 0 Å². The largest absolute Gasteiger partial charge is 0.395 e. The van der Waals surface area contributed by atoms with E-state index in [2.05, 4.69) is 4.72 Å².